The highest BCUT2D eigenvalue weighted by atomic mass is 35.5. The molecule has 0 heterocycles. The van der Waals surface area contributed by atoms with E-state index in [-0.39, 0.29) is 5.82 Å². The first kappa shape index (κ1) is 11.1. The van der Waals surface area contributed by atoms with E-state index in [0.717, 1.165) is 11.3 Å². The van der Waals surface area contributed by atoms with E-state index in [1.807, 2.05) is 13.0 Å². The van der Waals surface area contributed by atoms with Gasteiger partial charge in [0.1, 0.15) is 5.82 Å². The SMILES string of the molecule is C/C(=C/Cl)CNc1cccc(F)c1C. The van der Waals surface area contributed by atoms with Crippen LogP contribution >= 0.6 is 11.6 Å². The summed E-state index contributed by atoms with van der Waals surface area (Å²) in [5, 5.41) is 3.11. The van der Waals surface area contributed by atoms with Crippen LogP contribution in [0.15, 0.2) is 29.3 Å². The van der Waals surface area contributed by atoms with E-state index < -0.39 is 0 Å². The van der Waals surface area contributed by atoms with E-state index in [1.54, 1.807) is 13.0 Å². The van der Waals surface area contributed by atoms with E-state index >= 15 is 0 Å². The van der Waals surface area contributed by atoms with Gasteiger partial charge in [-0.1, -0.05) is 17.7 Å². The molecule has 1 aromatic rings. The van der Waals surface area contributed by atoms with Crippen molar-refractivity contribution in [2.24, 2.45) is 0 Å². The predicted octanol–water partition coefficient (Wildman–Crippen LogP) is 3.69. The number of hydrogen-bond acceptors (Lipinski definition) is 1. The predicted molar refractivity (Wildman–Crippen MR) is 59.2 cm³/mol. The molecule has 1 nitrogen and oxygen atoms in total. The van der Waals surface area contributed by atoms with Crippen molar-refractivity contribution in [3.05, 3.63) is 40.7 Å². The third kappa shape index (κ3) is 2.74. The Morgan fingerprint density at radius 2 is 2.29 bits per heavy atom. The van der Waals surface area contributed by atoms with Crippen LogP contribution in [0.1, 0.15) is 12.5 Å². The molecule has 1 N–H and O–H groups in total. The van der Waals surface area contributed by atoms with Crippen molar-refractivity contribution in [1.29, 1.82) is 0 Å². The summed E-state index contributed by atoms with van der Waals surface area (Å²) in [6.07, 6.45) is 0. The lowest BCUT2D eigenvalue weighted by molar-refractivity contribution is 0.619. The van der Waals surface area contributed by atoms with Gasteiger partial charge in [0, 0.05) is 23.3 Å². The van der Waals surface area contributed by atoms with Gasteiger partial charge in [-0.25, -0.2) is 4.39 Å². The normalized spacial score (nSPS) is 11.6. The second kappa shape index (κ2) is 5.01. The summed E-state index contributed by atoms with van der Waals surface area (Å²) in [7, 11) is 0. The quantitative estimate of drug-likeness (QED) is 0.808. The molecule has 0 saturated heterocycles. The first-order chi connectivity index (χ1) is 6.65. The first-order valence-corrected chi connectivity index (χ1v) is 4.83. The van der Waals surface area contributed by atoms with Crippen LogP contribution in [-0.4, -0.2) is 6.54 Å². The van der Waals surface area contributed by atoms with Crippen molar-refractivity contribution in [3.63, 3.8) is 0 Å². The molecule has 0 aromatic heterocycles. The molecule has 0 radical (unpaired) electrons. The summed E-state index contributed by atoms with van der Waals surface area (Å²) < 4.78 is 13.1. The summed E-state index contributed by atoms with van der Waals surface area (Å²) in [6.45, 7) is 4.29. The molecule has 0 fully saturated rings. The largest absolute Gasteiger partial charge is 0.381 e. The zero-order valence-electron chi connectivity index (χ0n) is 8.27. The number of hydrogen-bond donors (Lipinski definition) is 1. The number of benzene rings is 1. The van der Waals surface area contributed by atoms with E-state index in [9.17, 15) is 4.39 Å². The van der Waals surface area contributed by atoms with Gasteiger partial charge in [-0.3, -0.25) is 0 Å². The molecule has 0 spiro atoms. The summed E-state index contributed by atoms with van der Waals surface area (Å²) in [4.78, 5) is 0. The van der Waals surface area contributed by atoms with Gasteiger partial charge in [-0.2, -0.15) is 0 Å². The van der Waals surface area contributed by atoms with Crippen LogP contribution in [0.3, 0.4) is 0 Å². The third-order valence-corrected chi connectivity index (χ3v) is 2.38. The summed E-state index contributed by atoms with van der Waals surface area (Å²) in [5.41, 5.74) is 3.97. The zero-order valence-corrected chi connectivity index (χ0v) is 9.03. The van der Waals surface area contributed by atoms with Crippen molar-refractivity contribution in [1.82, 2.24) is 0 Å². The molecule has 3 heteroatoms. The molecule has 0 atom stereocenters. The van der Waals surface area contributed by atoms with Crippen molar-refractivity contribution >= 4 is 17.3 Å². The second-order valence-electron chi connectivity index (χ2n) is 3.22. The molecular weight excluding hydrogens is 201 g/mol. The lowest BCUT2D eigenvalue weighted by Gasteiger charge is -2.09. The fraction of sp³-hybridized carbons (Fsp3) is 0.273. The average Bonchev–Trinajstić information content (AvgIpc) is 2.20. The Balaban J connectivity index is 2.73. The fourth-order valence-corrected chi connectivity index (χ4v) is 1.15. The number of nitrogens with one attached hydrogen (secondary N) is 1. The monoisotopic (exact) mass is 213 g/mol. The smallest absolute Gasteiger partial charge is 0.128 e. The number of rotatable bonds is 3. The molecule has 0 unspecified atom stereocenters. The summed E-state index contributed by atoms with van der Waals surface area (Å²) in [5.74, 6) is -0.192. The van der Waals surface area contributed by atoms with Crippen LogP contribution in [0, 0.1) is 12.7 Å². The molecule has 1 rings (SSSR count). The minimum atomic E-state index is -0.192. The van der Waals surface area contributed by atoms with Gasteiger partial charge in [0.2, 0.25) is 0 Å². The Morgan fingerprint density at radius 3 is 2.93 bits per heavy atom. The van der Waals surface area contributed by atoms with Gasteiger partial charge in [-0.05, 0) is 31.6 Å². The lowest BCUT2D eigenvalue weighted by Crippen LogP contribution is -2.04. The first-order valence-electron chi connectivity index (χ1n) is 4.40. The number of halogens is 2. The molecule has 0 saturated carbocycles. The minimum Gasteiger partial charge on any atom is -0.381 e. The molecule has 0 aliphatic rings. The van der Waals surface area contributed by atoms with E-state index in [4.69, 9.17) is 11.6 Å². The van der Waals surface area contributed by atoms with Gasteiger partial charge in [0.15, 0.2) is 0 Å². The van der Waals surface area contributed by atoms with E-state index in [2.05, 4.69) is 5.32 Å². The highest BCUT2D eigenvalue weighted by Gasteiger charge is 2.01. The highest BCUT2D eigenvalue weighted by Crippen LogP contribution is 2.17. The number of anilines is 1. The summed E-state index contributed by atoms with van der Waals surface area (Å²) >= 11 is 5.51. The maximum absolute atomic E-state index is 13.1. The zero-order chi connectivity index (χ0) is 10.6. The Bertz CT molecular complexity index is 347. The standard InChI is InChI=1S/C11H13ClFN/c1-8(6-12)7-14-11-5-3-4-10(13)9(11)2/h3-6,14H,7H2,1-2H3/b8-6-. The molecule has 0 amide bonds. The van der Waals surface area contributed by atoms with Crippen LogP contribution < -0.4 is 5.32 Å². The molecule has 1 aromatic carbocycles. The van der Waals surface area contributed by atoms with Crippen LogP contribution in [0.4, 0.5) is 10.1 Å². The van der Waals surface area contributed by atoms with Gasteiger partial charge in [0.05, 0.1) is 0 Å². The van der Waals surface area contributed by atoms with Crippen LogP contribution in [0.25, 0.3) is 0 Å². The van der Waals surface area contributed by atoms with E-state index in [0.29, 0.717) is 12.1 Å². The Hall–Kier alpha value is -1.02. The Kier molecular flexibility index (Phi) is 3.96. The van der Waals surface area contributed by atoms with Gasteiger partial charge in [0.25, 0.3) is 0 Å². The maximum Gasteiger partial charge on any atom is 0.128 e. The lowest BCUT2D eigenvalue weighted by atomic mass is 10.2. The molecule has 0 bridgehead atoms. The van der Waals surface area contributed by atoms with Gasteiger partial charge in [-0.15, -0.1) is 0 Å². The molecule has 14 heavy (non-hydrogen) atoms. The van der Waals surface area contributed by atoms with E-state index in [1.165, 1.54) is 11.6 Å². The molecule has 0 aliphatic carbocycles. The Morgan fingerprint density at radius 1 is 1.57 bits per heavy atom. The fourth-order valence-electron chi connectivity index (χ4n) is 1.07. The van der Waals surface area contributed by atoms with Crippen LogP contribution in [0.5, 0.6) is 0 Å². The maximum atomic E-state index is 13.1. The summed E-state index contributed by atoms with van der Waals surface area (Å²) in [6, 6.07) is 4.98. The highest BCUT2D eigenvalue weighted by molar-refractivity contribution is 6.25. The van der Waals surface area contributed by atoms with Gasteiger partial charge >= 0.3 is 0 Å². The minimum absolute atomic E-state index is 0.192. The molecule has 0 aliphatic heterocycles. The second-order valence-corrected chi connectivity index (χ2v) is 3.44. The van der Waals surface area contributed by atoms with Crippen molar-refractivity contribution in [2.45, 2.75) is 13.8 Å². The van der Waals surface area contributed by atoms with Gasteiger partial charge < -0.3 is 5.32 Å². The third-order valence-electron chi connectivity index (χ3n) is 2.01. The Labute approximate surface area is 88.6 Å². The van der Waals surface area contributed by atoms with Crippen LogP contribution in [-0.2, 0) is 0 Å². The van der Waals surface area contributed by atoms with Crippen molar-refractivity contribution in [3.8, 4) is 0 Å². The topological polar surface area (TPSA) is 12.0 Å². The van der Waals surface area contributed by atoms with Crippen LogP contribution in [0.2, 0.25) is 0 Å². The van der Waals surface area contributed by atoms with Crippen molar-refractivity contribution in [2.75, 3.05) is 11.9 Å². The molecule has 76 valence electrons. The average molecular weight is 214 g/mol. The van der Waals surface area contributed by atoms with Crippen molar-refractivity contribution < 1.29 is 4.39 Å². The molecular formula is C11H13ClFN.